The Kier molecular flexibility index (Phi) is 1.38. The molecular formula is C4H6NO2. The molecule has 1 unspecified atom stereocenters. The van der Waals surface area contributed by atoms with Crippen molar-refractivity contribution >= 4 is 6.29 Å². The minimum Gasteiger partial charge on any atom is -0.301 e. The van der Waals surface area contributed by atoms with E-state index in [-0.39, 0.29) is 6.04 Å². The summed E-state index contributed by atoms with van der Waals surface area (Å²) in [4.78, 5) is 14.4. The van der Waals surface area contributed by atoms with Crippen LogP contribution in [0, 0.1) is 0 Å². The summed E-state index contributed by atoms with van der Waals surface area (Å²) in [6.45, 7) is 0.625. The molecule has 1 saturated heterocycles. The van der Waals surface area contributed by atoms with Gasteiger partial charge >= 0.3 is 0 Å². The minimum absolute atomic E-state index is 0.181. The number of rotatable bonds is 1. The van der Waals surface area contributed by atoms with E-state index in [0.29, 0.717) is 6.61 Å². The molecule has 1 fully saturated rings. The lowest BCUT2D eigenvalue weighted by molar-refractivity contribution is 0.0962. The van der Waals surface area contributed by atoms with Gasteiger partial charge in [0, 0.05) is 0 Å². The van der Waals surface area contributed by atoms with Crippen LogP contribution in [0.1, 0.15) is 6.42 Å². The molecule has 7 heavy (non-hydrogen) atoms. The van der Waals surface area contributed by atoms with Crippen LogP contribution in [-0.2, 0) is 9.63 Å². The van der Waals surface area contributed by atoms with Gasteiger partial charge in [-0.3, -0.25) is 4.79 Å². The van der Waals surface area contributed by atoms with Crippen molar-refractivity contribution in [2.24, 2.45) is 0 Å². The summed E-state index contributed by atoms with van der Waals surface area (Å²) in [5.41, 5.74) is 2.48. The number of hydrogen-bond donors (Lipinski definition) is 1. The minimum atomic E-state index is -0.181. The van der Waals surface area contributed by atoms with E-state index >= 15 is 0 Å². The lowest BCUT2D eigenvalue weighted by Gasteiger charge is -1.90. The van der Waals surface area contributed by atoms with Gasteiger partial charge in [-0.05, 0) is 6.42 Å². The van der Waals surface area contributed by atoms with Crippen molar-refractivity contribution in [3.63, 3.8) is 0 Å². The number of carbonyl (C=O) groups excluding carboxylic acids is 1. The highest BCUT2D eigenvalue weighted by atomic mass is 16.7. The van der Waals surface area contributed by atoms with Gasteiger partial charge in [-0.15, -0.1) is 0 Å². The van der Waals surface area contributed by atoms with Crippen molar-refractivity contribution in [3.05, 3.63) is 0 Å². The van der Waals surface area contributed by atoms with Crippen molar-refractivity contribution in [1.82, 2.24) is 5.48 Å². The predicted octanol–water partition coefficient (Wildman–Crippen LogP) is -0.610. The van der Waals surface area contributed by atoms with Crippen LogP contribution in [0.5, 0.6) is 0 Å². The second-order valence-electron chi connectivity index (χ2n) is 1.43. The number of hydroxylamine groups is 1. The Morgan fingerprint density at radius 2 is 2.71 bits per heavy atom. The summed E-state index contributed by atoms with van der Waals surface area (Å²) >= 11 is 0. The molecule has 3 nitrogen and oxygen atoms in total. The largest absolute Gasteiger partial charge is 0.301 e. The first kappa shape index (κ1) is 4.74. The molecule has 1 heterocycles. The van der Waals surface area contributed by atoms with Gasteiger partial charge in [0.1, 0.15) is 6.04 Å². The van der Waals surface area contributed by atoms with E-state index in [2.05, 4.69) is 10.3 Å². The average molecular weight is 100 g/mol. The number of hydrogen-bond acceptors (Lipinski definition) is 3. The van der Waals surface area contributed by atoms with Crippen molar-refractivity contribution < 1.29 is 9.63 Å². The molecule has 0 bridgehead atoms. The summed E-state index contributed by atoms with van der Waals surface area (Å²) in [6, 6.07) is -0.181. The Labute approximate surface area is 41.6 Å². The quantitative estimate of drug-likeness (QED) is 0.477. The van der Waals surface area contributed by atoms with Crippen molar-refractivity contribution in [1.29, 1.82) is 0 Å². The molecule has 0 aromatic rings. The first-order valence-corrected chi connectivity index (χ1v) is 2.18. The molecular weight excluding hydrogens is 94.0 g/mol. The predicted molar refractivity (Wildman–Crippen MR) is 23.2 cm³/mol. The fourth-order valence-electron chi connectivity index (χ4n) is 0.478. The smallest absolute Gasteiger partial charge is 0.219 e. The van der Waals surface area contributed by atoms with Crippen LogP contribution >= 0.6 is 0 Å². The van der Waals surface area contributed by atoms with E-state index in [1.54, 1.807) is 6.29 Å². The zero-order valence-electron chi connectivity index (χ0n) is 3.81. The molecule has 0 saturated carbocycles. The third-order valence-electron chi connectivity index (χ3n) is 0.876. The van der Waals surface area contributed by atoms with Gasteiger partial charge in [-0.1, -0.05) is 0 Å². The molecule has 0 aliphatic carbocycles. The first-order chi connectivity index (χ1) is 3.43. The molecule has 0 aromatic heterocycles. The third kappa shape index (κ3) is 0.976. The maximum atomic E-state index is 9.74. The van der Waals surface area contributed by atoms with Gasteiger partial charge in [0.25, 0.3) is 0 Å². The lowest BCUT2D eigenvalue weighted by Crippen LogP contribution is -2.20. The summed E-state index contributed by atoms with van der Waals surface area (Å²) in [5.74, 6) is 0. The van der Waals surface area contributed by atoms with Crippen molar-refractivity contribution in [3.8, 4) is 0 Å². The van der Waals surface area contributed by atoms with Crippen LogP contribution in [0.4, 0.5) is 0 Å². The molecule has 3 heteroatoms. The van der Waals surface area contributed by atoms with Gasteiger partial charge in [-0.2, -0.15) is 5.48 Å². The van der Waals surface area contributed by atoms with Crippen LogP contribution < -0.4 is 5.48 Å². The van der Waals surface area contributed by atoms with Crippen LogP contribution in [0.25, 0.3) is 0 Å². The van der Waals surface area contributed by atoms with E-state index < -0.39 is 0 Å². The van der Waals surface area contributed by atoms with E-state index in [1.807, 2.05) is 0 Å². The Morgan fingerprint density at radius 3 is 3.00 bits per heavy atom. The maximum absolute atomic E-state index is 9.74. The maximum Gasteiger partial charge on any atom is 0.219 e. The van der Waals surface area contributed by atoms with Crippen molar-refractivity contribution in [2.45, 2.75) is 12.5 Å². The molecule has 39 valence electrons. The highest BCUT2D eigenvalue weighted by molar-refractivity contribution is 5.58. The van der Waals surface area contributed by atoms with Gasteiger partial charge in [0.05, 0.1) is 6.61 Å². The van der Waals surface area contributed by atoms with Crippen LogP contribution in [0.15, 0.2) is 0 Å². The Bertz CT molecular complexity index is 68.1. The average Bonchev–Trinajstić information content (AvgIpc) is 2.14. The summed E-state index contributed by atoms with van der Waals surface area (Å²) in [6.07, 6.45) is 2.53. The Hall–Kier alpha value is -0.410. The van der Waals surface area contributed by atoms with Crippen LogP contribution in [0.3, 0.4) is 0 Å². The fraction of sp³-hybridized carbons (Fsp3) is 0.750. The van der Waals surface area contributed by atoms with Gasteiger partial charge in [0.15, 0.2) is 0 Å². The van der Waals surface area contributed by atoms with E-state index in [0.717, 1.165) is 6.42 Å². The molecule has 1 rings (SSSR count). The monoisotopic (exact) mass is 100 g/mol. The first-order valence-electron chi connectivity index (χ1n) is 2.18. The van der Waals surface area contributed by atoms with E-state index in [1.165, 1.54) is 0 Å². The molecule has 1 radical (unpaired) electrons. The molecule has 1 atom stereocenters. The fourth-order valence-corrected chi connectivity index (χ4v) is 0.478. The normalized spacial score (nSPS) is 30.6. The van der Waals surface area contributed by atoms with Gasteiger partial charge < -0.3 is 4.84 Å². The zero-order chi connectivity index (χ0) is 5.11. The highest BCUT2D eigenvalue weighted by Gasteiger charge is 2.13. The SMILES string of the molecule is O=[C]C1CCON1. The molecule has 1 aliphatic heterocycles. The van der Waals surface area contributed by atoms with E-state index in [4.69, 9.17) is 0 Å². The summed E-state index contributed by atoms with van der Waals surface area (Å²) in [5, 5.41) is 0. The zero-order valence-corrected chi connectivity index (χ0v) is 3.81. The molecule has 0 aromatic carbocycles. The molecule has 1 N–H and O–H groups in total. The topological polar surface area (TPSA) is 38.3 Å². The summed E-state index contributed by atoms with van der Waals surface area (Å²) < 4.78 is 0. The molecule has 0 spiro atoms. The Balaban J connectivity index is 2.26. The standard InChI is InChI=1S/C4H6NO2/c6-3-4-1-2-7-5-4/h4-5H,1-2H2. The van der Waals surface area contributed by atoms with Gasteiger partial charge in [0.2, 0.25) is 6.29 Å². The van der Waals surface area contributed by atoms with Gasteiger partial charge in [-0.25, -0.2) is 0 Å². The lowest BCUT2D eigenvalue weighted by atomic mass is 10.3. The molecule has 1 aliphatic rings. The second-order valence-corrected chi connectivity index (χ2v) is 1.43. The Morgan fingerprint density at radius 1 is 1.86 bits per heavy atom. The summed E-state index contributed by atoms with van der Waals surface area (Å²) in [7, 11) is 0. The number of nitrogens with one attached hydrogen (secondary N) is 1. The van der Waals surface area contributed by atoms with Crippen LogP contribution in [-0.4, -0.2) is 18.9 Å². The van der Waals surface area contributed by atoms with E-state index in [9.17, 15) is 4.79 Å². The van der Waals surface area contributed by atoms with Crippen LogP contribution in [0.2, 0.25) is 0 Å². The highest BCUT2D eigenvalue weighted by Crippen LogP contribution is 1.95. The second kappa shape index (κ2) is 2.04. The third-order valence-corrected chi connectivity index (χ3v) is 0.876. The molecule has 0 amide bonds. The van der Waals surface area contributed by atoms with Crippen molar-refractivity contribution in [2.75, 3.05) is 6.61 Å².